The molecular formula is C14H18N2O2S. The highest BCUT2D eigenvalue weighted by atomic mass is 32.2. The van der Waals surface area contributed by atoms with Crippen LogP contribution in [0.3, 0.4) is 0 Å². The maximum Gasteiger partial charge on any atom is 0.283 e. The standard InChI is InChI=1S/C14H18N2O2S/c1-10(2)13-5-7-14(8-6-13)19(17,18)16-12(4)9-11(3)15-16/h5-10H,1-4H3. The van der Waals surface area contributed by atoms with Crippen LogP contribution >= 0.6 is 0 Å². The van der Waals surface area contributed by atoms with E-state index >= 15 is 0 Å². The Kier molecular flexibility index (Phi) is 3.49. The van der Waals surface area contributed by atoms with Crippen molar-refractivity contribution in [2.75, 3.05) is 0 Å². The van der Waals surface area contributed by atoms with E-state index in [4.69, 9.17) is 0 Å². The van der Waals surface area contributed by atoms with Gasteiger partial charge in [-0.2, -0.15) is 17.6 Å². The molecule has 102 valence electrons. The lowest BCUT2D eigenvalue weighted by Crippen LogP contribution is -2.16. The summed E-state index contributed by atoms with van der Waals surface area (Å²) in [5.41, 5.74) is 2.43. The molecule has 0 aliphatic carbocycles. The fraction of sp³-hybridized carbons (Fsp3) is 0.357. The van der Waals surface area contributed by atoms with E-state index in [2.05, 4.69) is 18.9 Å². The van der Waals surface area contributed by atoms with E-state index < -0.39 is 10.0 Å². The van der Waals surface area contributed by atoms with Crippen LogP contribution in [-0.2, 0) is 10.0 Å². The monoisotopic (exact) mass is 278 g/mol. The second-order valence-electron chi connectivity index (χ2n) is 5.00. The van der Waals surface area contributed by atoms with E-state index in [1.165, 1.54) is 0 Å². The summed E-state index contributed by atoms with van der Waals surface area (Å²) in [5, 5.41) is 4.04. The minimum Gasteiger partial charge on any atom is -0.199 e. The number of rotatable bonds is 3. The summed E-state index contributed by atoms with van der Waals surface area (Å²) in [7, 11) is -3.59. The normalized spacial score (nSPS) is 12.1. The summed E-state index contributed by atoms with van der Waals surface area (Å²) < 4.78 is 26.0. The molecule has 0 saturated carbocycles. The second kappa shape index (κ2) is 4.81. The van der Waals surface area contributed by atoms with Gasteiger partial charge in [-0.25, -0.2) is 0 Å². The number of aromatic nitrogens is 2. The first-order valence-electron chi connectivity index (χ1n) is 6.21. The van der Waals surface area contributed by atoms with Gasteiger partial charge in [0.1, 0.15) is 0 Å². The SMILES string of the molecule is Cc1cc(C)n(S(=O)(=O)c2ccc(C(C)C)cc2)n1. The molecule has 1 heterocycles. The molecule has 2 aromatic rings. The number of hydrogen-bond acceptors (Lipinski definition) is 3. The molecule has 0 bridgehead atoms. The summed E-state index contributed by atoms with van der Waals surface area (Å²) >= 11 is 0. The average molecular weight is 278 g/mol. The smallest absolute Gasteiger partial charge is 0.199 e. The highest BCUT2D eigenvalue weighted by Crippen LogP contribution is 2.20. The molecule has 0 N–H and O–H groups in total. The Labute approximate surface area is 114 Å². The largest absolute Gasteiger partial charge is 0.283 e. The van der Waals surface area contributed by atoms with Crippen LogP contribution < -0.4 is 0 Å². The van der Waals surface area contributed by atoms with Crippen molar-refractivity contribution in [3.8, 4) is 0 Å². The minimum atomic E-state index is -3.59. The Bertz CT molecular complexity index is 683. The summed E-state index contributed by atoms with van der Waals surface area (Å²) in [6, 6.07) is 8.73. The zero-order valence-electron chi connectivity index (χ0n) is 11.6. The molecule has 0 spiro atoms. The first kappa shape index (κ1) is 13.8. The van der Waals surface area contributed by atoms with Gasteiger partial charge in [0, 0.05) is 0 Å². The number of hydrogen-bond donors (Lipinski definition) is 0. The Morgan fingerprint density at radius 2 is 1.68 bits per heavy atom. The highest BCUT2D eigenvalue weighted by Gasteiger charge is 2.20. The summed E-state index contributed by atoms with van der Waals surface area (Å²) in [5.74, 6) is 0.380. The molecular weight excluding hydrogens is 260 g/mol. The van der Waals surface area contributed by atoms with Crippen molar-refractivity contribution in [2.45, 2.75) is 38.5 Å². The van der Waals surface area contributed by atoms with Gasteiger partial charge in [-0.3, -0.25) is 0 Å². The molecule has 0 fully saturated rings. The lowest BCUT2D eigenvalue weighted by molar-refractivity contribution is 0.577. The Balaban J connectivity index is 2.48. The first-order chi connectivity index (χ1) is 8.82. The lowest BCUT2D eigenvalue weighted by Gasteiger charge is -2.09. The molecule has 1 aromatic carbocycles. The first-order valence-corrected chi connectivity index (χ1v) is 7.65. The van der Waals surface area contributed by atoms with E-state index in [1.54, 1.807) is 32.0 Å². The van der Waals surface area contributed by atoms with Gasteiger partial charge in [0.15, 0.2) is 0 Å². The van der Waals surface area contributed by atoms with Crippen molar-refractivity contribution in [3.63, 3.8) is 0 Å². The molecule has 19 heavy (non-hydrogen) atoms. The maximum absolute atomic E-state index is 12.4. The van der Waals surface area contributed by atoms with Crippen molar-refractivity contribution in [3.05, 3.63) is 47.3 Å². The van der Waals surface area contributed by atoms with Gasteiger partial charge >= 0.3 is 0 Å². The molecule has 4 nitrogen and oxygen atoms in total. The molecule has 0 amide bonds. The fourth-order valence-electron chi connectivity index (χ4n) is 1.98. The third-order valence-electron chi connectivity index (χ3n) is 3.04. The predicted molar refractivity (Wildman–Crippen MR) is 74.8 cm³/mol. The Hall–Kier alpha value is -1.62. The van der Waals surface area contributed by atoms with Gasteiger partial charge in [-0.1, -0.05) is 26.0 Å². The van der Waals surface area contributed by atoms with Crippen LogP contribution in [0.4, 0.5) is 0 Å². The van der Waals surface area contributed by atoms with Gasteiger partial charge in [0.05, 0.1) is 16.3 Å². The summed E-state index contributed by atoms with van der Waals surface area (Å²) in [6.45, 7) is 7.66. The van der Waals surface area contributed by atoms with Crippen LogP contribution in [0.5, 0.6) is 0 Å². The quantitative estimate of drug-likeness (QED) is 0.867. The minimum absolute atomic E-state index is 0.267. The van der Waals surface area contributed by atoms with Crippen LogP contribution in [0.15, 0.2) is 35.2 Å². The summed E-state index contributed by atoms with van der Waals surface area (Å²) in [4.78, 5) is 0.267. The van der Waals surface area contributed by atoms with Gasteiger partial charge < -0.3 is 0 Å². The molecule has 0 radical (unpaired) electrons. The molecule has 0 aliphatic rings. The zero-order chi connectivity index (χ0) is 14.2. The number of nitrogens with zero attached hydrogens (tertiary/aromatic N) is 2. The molecule has 0 unspecified atom stereocenters. The van der Waals surface area contributed by atoms with Gasteiger partial charge in [-0.15, -0.1) is 0 Å². The van der Waals surface area contributed by atoms with Crippen LogP contribution in [0.1, 0.15) is 36.7 Å². The molecule has 0 atom stereocenters. The van der Waals surface area contributed by atoms with Crippen LogP contribution in [-0.4, -0.2) is 17.6 Å². The summed E-state index contributed by atoms with van der Waals surface area (Å²) in [6.07, 6.45) is 0. The van der Waals surface area contributed by atoms with Crippen molar-refractivity contribution < 1.29 is 8.42 Å². The van der Waals surface area contributed by atoms with Crippen molar-refractivity contribution in [1.29, 1.82) is 0 Å². The van der Waals surface area contributed by atoms with Crippen LogP contribution in [0.2, 0.25) is 0 Å². The van der Waals surface area contributed by atoms with Crippen LogP contribution in [0.25, 0.3) is 0 Å². The number of benzene rings is 1. The Morgan fingerprint density at radius 3 is 2.11 bits per heavy atom. The molecule has 0 aliphatic heterocycles. The average Bonchev–Trinajstić information content (AvgIpc) is 2.69. The lowest BCUT2D eigenvalue weighted by atomic mass is 10.0. The highest BCUT2D eigenvalue weighted by molar-refractivity contribution is 7.89. The second-order valence-corrected chi connectivity index (χ2v) is 6.77. The van der Waals surface area contributed by atoms with Crippen molar-refractivity contribution in [2.24, 2.45) is 0 Å². The van der Waals surface area contributed by atoms with Gasteiger partial charge in [0.25, 0.3) is 10.0 Å². The molecule has 1 aromatic heterocycles. The third-order valence-corrected chi connectivity index (χ3v) is 4.73. The van der Waals surface area contributed by atoms with Crippen LogP contribution in [0, 0.1) is 13.8 Å². The van der Waals surface area contributed by atoms with Gasteiger partial charge in [-0.05, 0) is 43.5 Å². The van der Waals surface area contributed by atoms with Crippen molar-refractivity contribution in [1.82, 2.24) is 9.19 Å². The molecule has 2 rings (SSSR count). The van der Waals surface area contributed by atoms with E-state index in [0.717, 1.165) is 9.65 Å². The molecule has 0 saturated heterocycles. The third kappa shape index (κ3) is 2.56. The van der Waals surface area contributed by atoms with E-state index in [1.807, 2.05) is 12.1 Å². The van der Waals surface area contributed by atoms with E-state index in [0.29, 0.717) is 17.3 Å². The zero-order valence-corrected chi connectivity index (χ0v) is 12.4. The Morgan fingerprint density at radius 1 is 1.11 bits per heavy atom. The van der Waals surface area contributed by atoms with Crippen molar-refractivity contribution >= 4 is 10.0 Å². The maximum atomic E-state index is 12.4. The van der Waals surface area contributed by atoms with Gasteiger partial charge in [0.2, 0.25) is 0 Å². The van der Waals surface area contributed by atoms with E-state index in [9.17, 15) is 8.42 Å². The fourth-order valence-corrected chi connectivity index (χ4v) is 3.32. The molecule has 5 heteroatoms. The van der Waals surface area contributed by atoms with E-state index in [-0.39, 0.29) is 4.90 Å². The topological polar surface area (TPSA) is 52.0 Å². The predicted octanol–water partition coefficient (Wildman–Crippen LogP) is 2.86. The number of aryl methyl sites for hydroxylation is 2.